The summed E-state index contributed by atoms with van der Waals surface area (Å²) in [5.74, 6) is 0.951. The Kier molecular flexibility index (Phi) is 5.45. The van der Waals surface area contributed by atoms with Crippen LogP contribution in [0.2, 0.25) is 5.02 Å². The number of ether oxygens (including phenoxy) is 1. The molecular formula is C18H20ClNO2. The van der Waals surface area contributed by atoms with E-state index in [-0.39, 0.29) is 12.5 Å². The molecule has 0 aromatic heterocycles. The number of carbonyl (C=O) groups excluding carboxylic acids is 1. The summed E-state index contributed by atoms with van der Waals surface area (Å²) >= 11 is 5.89. The maximum atomic E-state index is 11.9. The standard InChI is InChI=1S/C18H20ClNO2/c1-12(2)14-8-7-13(3)17(9-14)22-11-18(21)20-16-6-4-5-15(19)10-16/h4-10,12H,11H2,1-3H3,(H,20,21). The molecule has 2 aromatic rings. The fourth-order valence-electron chi connectivity index (χ4n) is 2.04. The smallest absolute Gasteiger partial charge is 0.262 e. The molecule has 0 aliphatic heterocycles. The first-order valence-corrected chi connectivity index (χ1v) is 7.62. The molecule has 0 aliphatic carbocycles. The number of halogens is 1. The number of hydrogen-bond acceptors (Lipinski definition) is 2. The summed E-state index contributed by atoms with van der Waals surface area (Å²) in [5, 5.41) is 3.34. The van der Waals surface area contributed by atoms with E-state index >= 15 is 0 Å². The number of benzene rings is 2. The normalized spacial score (nSPS) is 10.6. The Morgan fingerprint density at radius 2 is 2.00 bits per heavy atom. The molecule has 1 amide bonds. The molecule has 2 rings (SSSR count). The molecule has 2 aromatic carbocycles. The summed E-state index contributed by atoms with van der Waals surface area (Å²) in [5.41, 5.74) is 2.87. The van der Waals surface area contributed by atoms with Gasteiger partial charge in [-0.2, -0.15) is 0 Å². The number of carbonyl (C=O) groups is 1. The van der Waals surface area contributed by atoms with Crippen molar-refractivity contribution in [2.24, 2.45) is 0 Å². The molecule has 1 N–H and O–H groups in total. The van der Waals surface area contributed by atoms with Gasteiger partial charge in [0.05, 0.1) is 0 Å². The monoisotopic (exact) mass is 317 g/mol. The first-order valence-electron chi connectivity index (χ1n) is 7.24. The minimum Gasteiger partial charge on any atom is -0.483 e. The van der Waals surface area contributed by atoms with Crippen LogP contribution in [0.3, 0.4) is 0 Å². The van der Waals surface area contributed by atoms with Crippen LogP contribution >= 0.6 is 11.6 Å². The van der Waals surface area contributed by atoms with Gasteiger partial charge >= 0.3 is 0 Å². The zero-order valence-electron chi connectivity index (χ0n) is 13.0. The van der Waals surface area contributed by atoms with E-state index in [2.05, 4.69) is 25.2 Å². The summed E-state index contributed by atoms with van der Waals surface area (Å²) in [6.07, 6.45) is 0. The minimum atomic E-state index is -0.211. The second kappa shape index (κ2) is 7.32. The largest absolute Gasteiger partial charge is 0.483 e. The number of aryl methyl sites for hydroxylation is 1. The second-order valence-electron chi connectivity index (χ2n) is 5.53. The van der Waals surface area contributed by atoms with Crippen LogP contribution < -0.4 is 10.1 Å². The number of nitrogens with one attached hydrogen (secondary N) is 1. The molecule has 0 bridgehead atoms. The number of rotatable bonds is 5. The van der Waals surface area contributed by atoms with E-state index in [9.17, 15) is 4.79 Å². The third-order valence-corrected chi connectivity index (χ3v) is 3.58. The third-order valence-electron chi connectivity index (χ3n) is 3.35. The lowest BCUT2D eigenvalue weighted by Crippen LogP contribution is -2.20. The number of anilines is 1. The van der Waals surface area contributed by atoms with E-state index < -0.39 is 0 Å². The molecule has 0 heterocycles. The Morgan fingerprint density at radius 3 is 2.68 bits per heavy atom. The van der Waals surface area contributed by atoms with Crippen molar-refractivity contribution in [2.75, 3.05) is 11.9 Å². The van der Waals surface area contributed by atoms with Crippen molar-refractivity contribution in [1.82, 2.24) is 0 Å². The van der Waals surface area contributed by atoms with Crippen LogP contribution in [0.15, 0.2) is 42.5 Å². The lowest BCUT2D eigenvalue weighted by Gasteiger charge is -2.13. The van der Waals surface area contributed by atoms with Gasteiger partial charge in [0.25, 0.3) is 5.91 Å². The molecule has 116 valence electrons. The molecule has 4 heteroatoms. The van der Waals surface area contributed by atoms with Crippen molar-refractivity contribution in [3.63, 3.8) is 0 Å². The quantitative estimate of drug-likeness (QED) is 0.861. The Balaban J connectivity index is 1.97. The van der Waals surface area contributed by atoms with Crippen molar-refractivity contribution in [1.29, 1.82) is 0 Å². The van der Waals surface area contributed by atoms with Crippen LogP contribution in [0.5, 0.6) is 5.75 Å². The highest BCUT2D eigenvalue weighted by Gasteiger charge is 2.08. The summed E-state index contributed by atoms with van der Waals surface area (Å²) < 4.78 is 5.65. The van der Waals surface area contributed by atoms with Crippen LogP contribution in [0.1, 0.15) is 30.9 Å². The molecule has 0 atom stereocenters. The van der Waals surface area contributed by atoms with Gasteiger partial charge in [-0.25, -0.2) is 0 Å². The fraction of sp³-hybridized carbons (Fsp3) is 0.278. The van der Waals surface area contributed by atoms with E-state index in [0.717, 1.165) is 11.3 Å². The lowest BCUT2D eigenvalue weighted by atomic mass is 10.0. The lowest BCUT2D eigenvalue weighted by molar-refractivity contribution is -0.118. The van der Waals surface area contributed by atoms with Gasteiger partial charge in [-0.05, 0) is 48.2 Å². The van der Waals surface area contributed by atoms with Crippen LogP contribution in [0.25, 0.3) is 0 Å². The average Bonchev–Trinajstić information content (AvgIpc) is 2.46. The Morgan fingerprint density at radius 1 is 1.23 bits per heavy atom. The van der Waals surface area contributed by atoms with Crippen LogP contribution in [0.4, 0.5) is 5.69 Å². The van der Waals surface area contributed by atoms with Gasteiger partial charge in [0, 0.05) is 10.7 Å². The Labute approximate surface area is 136 Å². The highest BCUT2D eigenvalue weighted by atomic mass is 35.5. The molecule has 22 heavy (non-hydrogen) atoms. The highest BCUT2D eigenvalue weighted by Crippen LogP contribution is 2.24. The summed E-state index contributed by atoms with van der Waals surface area (Å²) in [4.78, 5) is 11.9. The Bertz CT molecular complexity index is 668. The second-order valence-corrected chi connectivity index (χ2v) is 5.96. The average molecular weight is 318 g/mol. The third kappa shape index (κ3) is 4.50. The van der Waals surface area contributed by atoms with Crippen LogP contribution in [0, 0.1) is 6.92 Å². The van der Waals surface area contributed by atoms with E-state index in [0.29, 0.717) is 16.6 Å². The molecule has 0 fully saturated rings. The van der Waals surface area contributed by atoms with Gasteiger partial charge in [-0.15, -0.1) is 0 Å². The number of amides is 1. The molecule has 0 spiro atoms. The van der Waals surface area contributed by atoms with E-state index in [4.69, 9.17) is 16.3 Å². The summed E-state index contributed by atoms with van der Waals surface area (Å²) in [6, 6.07) is 13.1. The first kappa shape index (κ1) is 16.4. The van der Waals surface area contributed by atoms with Crippen molar-refractivity contribution in [2.45, 2.75) is 26.7 Å². The predicted octanol–water partition coefficient (Wildman–Crippen LogP) is 4.79. The predicted molar refractivity (Wildman–Crippen MR) is 90.8 cm³/mol. The zero-order valence-corrected chi connectivity index (χ0v) is 13.8. The SMILES string of the molecule is Cc1ccc(C(C)C)cc1OCC(=O)Nc1cccc(Cl)c1. The van der Waals surface area contributed by atoms with Gasteiger partial charge in [-0.3, -0.25) is 4.79 Å². The van der Waals surface area contributed by atoms with Crippen LogP contribution in [-0.4, -0.2) is 12.5 Å². The molecule has 0 unspecified atom stereocenters. The molecule has 0 saturated heterocycles. The topological polar surface area (TPSA) is 38.3 Å². The van der Waals surface area contributed by atoms with E-state index in [1.165, 1.54) is 5.56 Å². The highest BCUT2D eigenvalue weighted by molar-refractivity contribution is 6.30. The van der Waals surface area contributed by atoms with Gasteiger partial charge in [-0.1, -0.05) is 43.6 Å². The van der Waals surface area contributed by atoms with Gasteiger partial charge in [0.2, 0.25) is 0 Å². The van der Waals surface area contributed by atoms with Crippen molar-refractivity contribution in [3.8, 4) is 5.75 Å². The molecule has 0 aliphatic rings. The van der Waals surface area contributed by atoms with E-state index in [1.807, 2.05) is 19.1 Å². The van der Waals surface area contributed by atoms with E-state index in [1.54, 1.807) is 24.3 Å². The van der Waals surface area contributed by atoms with Crippen molar-refractivity contribution < 1.29 is 9.53 Å². The maximum Gasteiger partial charge on any atom is 0.262 e. The fourth-order valence-corrected chi connectivity index (χ4v) is 2.23. The van der Waals surface area contributed by atoms with Gasteiger partial charge < -0.3 is 10.1 Å². The minimum absolute atomic E-state index is 0.0328. The van der Waals surface area contributed by atoms with Crippen molar-refractivity contribution >= 4 is 23.2 Å². The van der Waals surface area contributed by atoms with Crippen molar-refractivity contribution in [3.05, 3.63) is 58.6 Å². The Hall–Kier alpha value is -2.00. The summed E-state index contributed by atoms with van der Waals surface area (Å²) in [7, 11) is 0. The first-order chi connectivity index (χ1) is 10.5. The molecule has 0 saturated carbocycles. The molecular weight excluding hydrogens is 298 g/mol. The van der Waals surface area contributed by atoms with Gasteiger partial charge in [0.1, 0.15) is 5.75 Å². The van der Waals surface area contributed by atoms with Crippen LogP contribution in [-0.2, 0) is 4.79 Å². The summed E-state index contributed by atoms with van der Waals surface area (Å²) in [6.45, 7) is 6.18. The molecule has 0 radical (unpaired) electrons. The number of hydrogen-bond donors (Lipinski definition) is 1. The maximum absolute atomic E-state index is 11.9. The van der Waals surface area contributed by atoms with Gasteiger partial charge in [0.15, 0.2) is 6.61 Å². The molecule has 3 nitrogen and oxygen atoms in total. The zero-order chi connectivity index (χ0) is 16.1.